The molecule has 0 atom stereocenters. The molecule has 0 saturated heterocycles. The minimum Gasteiger partial charge on any atom is -0.478 e. The van der Waals surface area contributed by atoms with E-state index < -0.39 is 23.9 Å². The lowest BCUT2D eigenvalue weighted by molar-refractivity contribution is -0.150. The van der Waals surface area contributed by atoms with Crippen molar-refractivity contribution in [1.82, 2.24) is 0 Å². The number of carbonyl (C=O) groups excluding carboxylic acids is 2. The van der Waals surface area contributed by atoms with Gasteiger partial charge in [-0.25, -0.2) is 19.2 Å². The molecule has 0 aliphatic carbocycles. The molecule has 7 heteroatoms. The molecule has 0 bridgehead atoms. The Labute approximate surface area is 131 Å². The highest BCUT2D eigenvalue weighted by atomic mass is 16.6. The molecule has 1 aromatic rings. The summed E-state index contributed by atoms with van der Waals surface area (Å²) < 4.78 is 3.97. The Kier molecular flexibility index (Phi) is 9.51. The number of hydrogen-bond acceptors (Lipinski definition) is 5. The van der Waals surface area contributed by atoms with E-state index in [9.17, 15) is 19.2 Å². The van der Waals surface area contributed by atoms with E-state index >= 15 is 0 Å². The van der Waals surface area contributed by atoms with E-state index in [2.05, 4.69) is 11.3 Å². The van der Waals surface area contributed by atoms with Crippen LogP contribution in [0, 0.1) is 0 Å². The topological polar surface area (TPSA) is 118 Å². The number of ether oxygens (including phenoxy) is 1. The van der Waals surface area contributed by atoms with E-state index in [0.29, 0.717) is 12.2 Å². The molecule has 1 aromatic carbocycles. The van der Waals surface area contributed by atoms with Crippen LogP contribution in [0.15, 0.2) is 61.2 Å². The van der Waals surface area contributed by atoms with Gasteiger partial charge in [-0.3, -0.25) is 0 Å². The van der Waals surface area contributed by atoms with Crippen LogP contribution in [0.2, 0.25) is 0 Å². The normalized spacial score (nSPS) is 11.7. The smallest absolute Gasteiger partial charge is 0.338 e. The highest BCUT2D eigenvalue weighted by Gasteiger charge is 2.10. The van der Waals surface area contributed by atoms with Crippen molar-refractivity contribution in [1.29, 1.82) is 0 Å². The third kappa shape index (κ3) is 12.0. The first-order valence-corrected chi connectivity index (χ1v) is 6.10. The fourth-order valence-corrected chi connectivity index (χ4v) is 1.03. The zero-order valence-electron chi connectivity index (χ0n) is 11.9. The second-order valence-corrected chi connectivity index (χ2v) is 3.70. The van der Waals surface area contributed by atoms with Gasteiger partial charge < -0.3 is 14.9 Å². The standard InChI is InChI=1S/C8H8.C4H4O4.C4H2O3/c1-2-8-6-4-3-5-7-8;5-3(6)1-2-4(7)8;5-3-1-2-4(6)7-3/h2-7H,1H2;1-2H,(H,5,6)(H,7,8);1-2H/b;2-1-;. The quantitative estimate of drug-likeness (QED) is 0.494. The first kappa shape index (κ1) is 19.5. The summed E-state index contributed by atoms with van der Waals surface area (Å²) in [7, 11) is 0. The minimum absolute atomic E-state index is 0.558. The van der Waals surface area contributed by atoms with E-state index in [4.69, 9.17) is 10.2 Å². The maximum atomic E-state index is 9.92. The van der Waals surface area contributed by atoms with Gasteiger partial charge in [-0.05, 0) is 5.56 Å². The number of benzene rings is 1. The molecule has 1 aliphatic rings. The highest BCUT2D eigenvalue weighted by molar-refractivity contribution is 6.04. The molecule has 0 unspecified atom stereocenters. The lowest BCUT2D eigenvalue weighted by Crippen LogP contribution is -1.96. The Bertz CT molecular complexity index is 595. The Morgan fingerprint density at radius 3 is 1.57 bits per heavy atom. The first-order chi connectivity index (χ1) is 10.8. The third-order valence-corrected chi connectivity index (χ3v) is 1.96. The molecule has 1 heterocycles. The number of carbonyl (C=O) groups is 4. The number of esters is 2. The number of rotatable bonds is 3. The molecule has 2 rings (SSSR count). The van der Waals surface area contributed by atoms with Gasteiger partial charge in [-0.15, -0.1) is 0 Å². The van der Waals surface area contributed by atoms with E-state index in [1.165, 1.54) is 5.56 Å². The molecule has 120 valence electrons. The van der Waals surface area contributed by atoms with Crippen LogP contribution < -0.4 is 0 Å². The molecular weight excluding hydrogens is 304 g/mol. The van der Waals surface area contributed by atoms with Gasteiger partial charge in [0.05, 0.1) is 0 Å². The first-order valence-electron chi connectivity index (χ1n) is 6.10. The zero-order chi connectivity index (χ0) is 17.7. The summed E-state index contributed by atoms with van der Waals surface area (Å²) >= 11 is 0. The van der Waals surface area contributed by atoms with Gasteiger partial charge in [0, 0.05) is 24.3 Å². The molecule has 23 heavy (non-hydrogen) atoms. The van der Waals surface area contributed by atoms with Crippen LogP contribution in [0.1, 0.15) is 5.56 Å². The summed E-state index contributed by atoms with van der Waals surface area (Å²) in [6, 6.07) is 10.0. The second-order valence-electron chi connectivity index (χ2n) is 3.70. The van der Waals surface area contributed by atoms with Gasteiger partial charge in [0.25, 0.3) is 0 Å². The molecule has 0 aromatic heterocycles. The van der Waals surface area contributed by atoms with Crippen LogP contribution in [0.4, 0.5) is 0 Å². The lowest BCUT2D eigenvalue weighted by Gasteiger charge is -1.85. The van der Waals surface area contributed by atoms with Crippen molar-refractivity contribution in [2.75, 3.05) is 0 Å². The van der Waals surface area contributed by atoms with E-state index in [0.717, 1.165) is 12.2 Å². The van der Waals surface area contributed by atoms with Crippen molar-refractivity contribution in [3.63, 3.8) is 0 Å². The average Bonchev–Trinajstić information content (AvgIpc) is 2.90. The van der Waals surface area contributed by atoms with Crippen LogP contribution >= 0.6 is 0 Å². The summed E-state index contributed by atoms with van der Waals surface area (Å²) in [5.41, 5.74) is 1.17. The van der Waals surface area contributed by atoms with E-state index in [1.54, 1.807) is 0 Å². The molecule has 0 spiro atoms. The van der Waals surface area contributed by atoms with E-state index in [1.807, 2.05) is 36.4 Å². The number of hydrogen-bond donors (Lipinski definition) is 2. The van der Waals surface area contributed by atoms with Crippen molar-refractivity contribution in [2.45, 2.75) is 0 Å². The highest BCUT2D eigenvalue weighted by Crippen LogP contribution is 1.97. The molecule has 0 amide bonds. The monoisotopic (exact) mass is 318 g/mol. The lowest BCUT2D eigenvalue weighted by atomic mass is 10.2. The number of carboxylic acids is 2. The molecule has 7 nitrogen and oxygen atoms in total. The molecule has 1 aliphatic heterocycles. The molecule has 0 radical (unpaired) electrons. The van der Waals surface area contributed by atoms with Gasteiger partial charge in [0.1, 0.15) is 0 Å². The maximum Gasteiger partial charge on any atom is 0.338 e. The minimum atomic E-state index is -1.26. The number of carboxylic acid groups (broad SMARTS) is 2. The van der Waals surface area contributed by atoms with Crippen molar-refractivity contribution in [2.24, 2.45) is 0 Å². The van der Waals surface area contributed by atoms with Crippen LogP contribution in [0.3, 0.4) is 0 Å². The van der Waals surface area contributed by atoms with Crippen LogP contribution in [0.25, 0.3) is 6.08 Å². The SMILES string of the molecule is C=Cc1ccccc1.O=C(O)/C=C\C(=O)O.O=C1C=CC(=O)O1. The van der Waals surface area contributed by atoms with Crippen LogP contribution in [-0.2, 0) is 23.9 Å². The average molecular weight is 318 g/mol. The zero-order valence-corrected chi connectivity index (χ0v) is 11.9. The van der Waals surface area contributed by atoms with Gasteiger partial charge >= 0.3 is 23.9 Å². The van der Waals surface area contributed by atoms with Crippen molar-refractivity contribution in [3.05, 3.63) is 66.8 Å². The van der Waals surface area contributed by atoms with Crippen molar-refractivity contribution in [3.8, 4) is 0 Å². The summed E-state index contributed by atoms with van der Waals surface area (Å²) in [5.74, 6) is -3.67. The molecular formula is C16H14O7. The van der Waals surface area contributed by atoms with Gasteiger partial charge in [0.15, 0.2) is 0 Å². The Hall–Kier alpha value is -3.48. The van der Waals surface area contributed by atoms with Gasteiger partial charge in [-0.2, -0.15) is 0 Å². The van der Waals surface area contributed by atoms with E-state index in [-0.39, 0.29) is 0 Å². The van der Waals surface area contributed by atoms with Crippen molar-refractivity contribution < 1.29 is 34.1 Å². The maximum absolute atomic E-state index is 9.92. The predicted octanol–water partition coefficient (Wildman–Crippen LogP) is 1.67. The van der Waals surface area contributed by atoms with Crippen molar-refractivity contribution >= 4 is 30.0 Å². The van der Waals surface area contributed by atoms with Crippen LogP contribution in [-0.4, -0.2) is 34.1 Å². The summed E-state index contributed by atoms with van der Waals surface area (Å²) in [5, 5.41) is 15.6. The molecule has 0 saturated carbocycles. The van der Waals surface area contributed by atoms with Gasteiger partial charge in [-0.1, -0.05) is 43.0 Å². The Morgan fingerprint density at radius 2 is 1.35 bits per heavy atom. The number of cyclic esters (lactones) is 2. The second kappa shape index (κ2) is 11.2. The van der Waals surface area contributed by atoms with Gasteiger partial charge in [0.2, 0.25) is 0 Å². The number of aliphatic carboxylic acids is 2. The third-order valence-electron chi connectivity index (χ3n) is 1.96. The summed E-state index contributed by atoms with van der Waals surface area (Å²) in [6.45, 7) is 3.63. The summed E-state index contributed by atoms with van der Waals surface area (Å²) in [4.78, 5) is 39.0. The predicted molar refractivity (Wildman–Crippen MR) is 81.2 cm³/mol. The Morgan fingerprint density at radius 1 is 0.913 bits per heavy atom. The van der Waals surface area contributed by atoms with Crippen LogP contribution in [0.5, 0.6) is 0 Å². The fourth-order valence-electron chi connectivity index (χ4n) is 1.03. The fraction of sp³-hybridized carbons (Fsp3) is 0. The largest absolute Gasteiger partial charge is 0.478 e. The Balaban J connectivity index is 0.000000316. The summed E-state index contributed by atoms with van der Waals surface area (Å²) in [6.07, 6.45) is 5.12. The molecule has 0 fully saturated rings. The molecule has 2 N–H and O–H groups in total.